The van der Waals surface area contributed by atoms with Crippen molar-refractivity contribution in [3.05, 3.63) is 0 Å². The molecule has 0 fully saturated rings. The number of esters is 2. The maximum atomic E-state index is 12.0. The lowest BCUT2D eigenvalue weighted by Crippen LogP contribution is -2.52. The lowest BCUT2D eigenvalue weighted by Gasteiger charge is -2.18. The lowest BCUT2D eigenvalue weighted by molar-refractivity contribution is -0.149. The van der Waals surface area contributed by atoms with Gasteiger partial charge in [-0.2, -0.15) is 23.5 Å². The van der Waals surface area contributed by atoms with E-state index in [-0.39, 0.29) is 0 Å². The fourth-order valence-corrected chi connectivity index (χ4v) is 2.64. The molecule has 0 heterocycles. The zero-order chi connectivity index (χ0) is 18.5. The van der Waals surface area contributed by atoms with Crippen molar-refractivity contribution >= 4 is 47.3 Å². The number of thioether (sulfide) groups is 2. The zero-order valence-corrected chi connectivity index (χ0v) is 15.9. The minimum absolute atomic E-state index is 0.333. The van der Waals surface area contributed by atoms with Gasteiger partial charge in [0.15, 0.2) is 0 Å². The average Bonchev–Trinajstić information content (AvgIpc) is 2.59. The molecular weight excluding hydrogens is 356 g/mol. The summed E-state index contributed by atoms with van der Waals surface area (Å²) in [6, 6.07) is -1.83. The van der Waals surface area contributed by atoms with E-state index in [0.29, 0.717) is 24.3 Å². The van der Waals surface area contributed by atoms with E-state index in [1.165, 1.54) is 37.7 Å². The Morgan fingerprint density at radius 1 is 0.792 bits per heavy atom. The second-order valence-corrected chi connectivity index (χ2v) is 6.63. The molecule has 0 aliphatic rings. The predicted molar refractivity (Wildman–Crippen MR) is 93.9 cm³/mol. The summed E-state index contributed by atoms with van der Waals surface area (Å²) >= 11 is 2.99. The van der Waals surface area contributed by atoms with Crippen molar-refractivity contribution in [3.63, 3.8) is 0 Å². The van der Waals surface area contributed by atoms with Crippen molar-refractivity contribution in [3.8, 4) is 0 Å². The predicted octanol–water partition coefficient (Wildman–Crippen LogP) is -0.192. The van der Waals surface area contributed by atoms with Gasteiger partial charge in [0.05, 0.1) is 14.2 Å². The molecule has 2 amide bonds. The second-order valence-electron chi connectivity index (χ2n) is 4.66. The van der Waals surface area contributed by atoms with E-state index < -0.39 is 35.8 Å². The summed E-state index contributed by atoms with van der Waals surface area (Å²) in [5.41, 5.74) is 0. The fraction of sp³-hybridized carbons (Fsp3) is 0.714. The molecule has 24 heavy (non-hydrogen) atoms. The third-order valence-electron chi connectivity index (χ3n) is 3.01. The molecule has 0 aromatic heterocycles. The van der Waals surface area contributed by atoms with Gasteiger partial charge in [-0.3, -0.25) is 9.59 Å². The Morgan fingerprint density at radius 3 is 1.38 bits per heavy atom. The first-order chi connectivity index (χ1) is 11.4. The molecule has 0 aromatic carbocycles. The molecule has 138 valence electrons. The number of carbonyl (C=O) groups is 4. The molecule has 0 aliphatic heterocycles. The summed E-state index contributed by atoms with van der Waals surface area (Å²) in [6.45, 7) is 0. The Labute approximate surface area is 150 Å². The molecule has 0 saturated carbocycles. The number of nitrogens with one attached hydrogen (secondary N) is 2. The molecule has 0 unspecified atom stereocenters. The van der Waals surface area contributed by atoms with Crippen molar-refractivity contribution in [2.24, 2.45) is 0 Å². The van der Waals surface area contributed by atoms with E-state index in [1.807, 2.05) is 12.5 Å². The van der Waals surface area contributed by atoms with Crippen LogP contribution < -0.4 is 10.6 Å². The van der Waals surface area contributed by atoms with Crippen molar-refractivity contribution in [1.29, 1.82) is 0 Å². The number of carbonyl (C=O) groups excluding carboxylic acids is 4. The Balaban J connectivity index is 4.77. The molecular formula is C14H24N2O6S2. The van der Waals surface area contributed by atoms with Crippen molar-refractivity contribution in [2.45, 2.75) is 24.9 Å². The normalized spacial score (nSPS) is 12.7. The number of hydrogen-bond donors (Lipinski definition) is 2. The summed E-state index contributed by atoms with van der Waals surface area (Å²) in [5, 5.41) is 4.65. The maximum absolute atomic E-state index is 12.0. The first kappa shape index (κ1) is 22.6. The molecule has 0 bridgehead atoms. The monoisotopic (exact) mass is 380 g/mol. The maximum Gasteiger partial charge on any atom is 0.328 e. The molecule has 0 saturated heterocycles. The molecule has 8 nitrogen and oxygen atoms in total. The van der Waals surface area contributed by atoms with Crippen LogP contribution in [0.1, 0.15) is 12.8 Å². The Bertz CT molecular complexity index is 407. The van der Waals surface area contributed by atoms with Gasteiger partial charge in [-0.15, -0.1) is 0 Å². The first-order valence-corrected chi connectivity index (χ1v) is 9.94. The number of methoxy groups -OCH3 is 2. The van der Waals surface area contributed by atoms with Crippen LogP contribution in [0.5, 0.6) is 0 Å². The van der Waals surface area contributed by atoms with Gasteiger partial charge in [0.2, 0.25) is 0 Å². The van der Waals surface area contributed by atoms with Crippen LogP contribution in [0, 0.1) is 0 Å². The van der Waals surface area contributed by atoms with E-state index in [2.05, 4.69) is 20.1 Å². The third-order valence-corrected chi connectivity index (χ3v) is 4.30. The van der Waals surface area contributed by atoms with Gasteiger partial charge in [-0.25, -0.2) is 9.59 Å². The summed E-state index contributed by atoms with van der Waals surface area (Å²) in [4.78, 5) is 47.2. The van der Waals surface area contributed by atoms with E-state index in [4.69, 9.17) is 0 Å². The lowest BCUT2D eigenvalue weighted by atomic mass is 10.2. The number of ether oxygens (including phenoxy) is 2. The quantitative estimate of drug-likeness (QED) is 0.396. The molecule has 2 N–H and O–H groups in total. The SMILES string of the molecule is COC(=O)[C@H](CCSC)NC(=O)C(=O)N[C@H](CCSC)C(=O)OC. The molecule has 0 radical (unpaired) electrons. The molecule has 2 atom stereocenters. The minimum atomic E-state index is -0.996. The van der Waals surface area contributed by atoms with E-state index in [9.17, 15) is 19.2 Å². The van der Waals surface area contributed by atoms with Gasteiger partial charge in [-0.05, 0) is 36.9 Å². The Kier molecular flexibility index (Phi) is 12.2. The molecule has 0 rings (SSSR count). The number of amides is 2. The van der Waals surface area contributed by atoms with Crippen molar-refractivity contribution in [2.75, 3.05) is 38.2 Å². The highest BCUT2D eigenvalue weighted by Gasteiger charge is 2.28. The Hall–Kier alpha value is -1.42. The number of rotatable bonds is 10. The fourth-order valence-electron chi connectivity index (χ4n) is 1.70. The van der Waals surface area contributed by atoms with Gasteiger partial charge >= 0.3 is 23.8 Å². The van der Waals surface area contributed by atoms with E-state index in [1.54, 1.807) is 0 Å². The van der Waals surface area contributed by atoms with Crippen LogP contribution in [-0.2, 0) is 28.7 Å². The largest absolute Gasteiger partial charge is 0.467 e. The summed E-state index contributed by atoms with van der Waals surface area (Å²) in [5.74, 6) is -2.02. The van der Waals surface area contributed by atoms with E-state index in [0.717, 1.165) is 0 Å². The average molecular weight is 380 g/mol. The van der Waals surface area contributed by atoms with Gasteiger partial charge in [0.1, 0.15) is 12.1 Å². The molecule has 0 aliphatic carbocycles. The van der Waals surface area contributed by atoms with Crippen LogP contribution in [0.4, 0.5) is 0 Å². The van der Waals surface area contributed by atoms with Gasteiger partial charge < -0.3 is 20.1 Å². The highest BCUT2D eigenvalue weighted by Crippen LogP contribution is 2.04. The number of hydrogen-bond acceptors (Lipinski definition) is 8. The summed E-state index contributed by atoms with van der Waals surface area (Å²) < 4.78 is 9.22. The van der Waals surface area contributed by atoms with Gasteiger partial charge in [0, 0.05) is 0 Å². The van der Waals surface area contributed by atoms with Crippen LogP contribution in [0.25, 0.3) is 0 Å². The molecule has 10 heteroatoms. The van der Waals surface area contributed by atoms with Crippen LogP contribution >= 0.6 is 23.5 Å². The van der Waals surface area contributed by atoms with Crippen molar-refractivity contribution < 1.29 is 28.7 Å². The van der Waals surface area contributed by atoms with Crippen LogP contribution in [0.3, 0.4) is 0 Å². The second kappa shape index (κ2) is 12.9. The van der Waals surface area contributed by atoms with Crippen LogP contribution in [-0.4, -0.2) is 74.1 Å². The van der Waals surface area contributed by atoms with Crippen LogP contribution in [0.15, 0.2) is 0 Å². The third kappa shape index (κ3) is 8.44. The summed E-state index contributed by atoms with van der Waals surface area (Å²) in [7, 11) is 2.41. The van der Waals surface area contributed by atoms with Gasteiger partial charge in [-0.1, -0.05) is 0 Å². The van der Waals surface area contributed by atoms with Crippen LogP contribution in [0.2, 0.25) is 0 Å². The highest BCUT2D eigenvalue weighted by molar-refractivity contribution is 7.98. The van der Waals surface area contributed by atoms with E-state index >= 15 is 0 Å². The summed E-state index contributed by atoms with van der Waals surface area (Å²) in [6.07, 6.45) is 4.38. The standard InChI is InChI=1S/C14H24N2O6S2/c1-21-13(19)9(5-7-23-3)15-11(17)12(18)16-10(6-8-24-4)14(20)22-2/h9-10H,5-8H2,1-4H3,(H,15,17)(H,16,18)/t9-,10+. The zero-order valence-electron chi connectivity index (χ0n) is 14.2. The first-order valence-electron chi connectivity index (χ1n) is 7.16. The van der Waals surface area contributed by atoms with Crippen molar-refractivity contribution in [1.82, 2.24) is 10.6 Å². The van der Waals surface area contributed by atoms with Gasteiger partial charge in [0.25, 0.3) is 0 Å². The smallest absolute Gasteiger partial charge is 0.328 e. The minimum Gasteiger partial charge on any atom is -0.467 e. The molecule has 0 aromatic rings. The topological polar surface area (TPSA) is 111 Å². The Morgan fingerprint density at radius 2 is 1.12 bits per heavy atom. The molecule has 0 spiro atoms. The highest BCUT2D eigenvalue weighted by atomic mass is 32.2.